The topological polar surface area (TPSA) is 55.6 Å². The van der Waals surface area contributed by atoms with Gasteiger partial charge in [-0.3, -0.25) is 4.79 Å². The van der Waals surface area contributed by atoms with Crippen molar-refractivity contribution in [3.05, 3.63) is 53.0 Å². The minimum atomic E-state index is -0.292. The van der Waals surface area contributed by atoms with Gasteiger partial charge in [-0.2, -0.15) is 0 Å². The van der Waals surface area contributed by atoms with E-state index >= 15 is 0 Å². The Morgan fingerprint density at radius 2 is 2.12 bits per heavy atom. The van der Waals surface area contributed by atoms with Crippen LogP contribution in [-0.4, -0.2) is 35.0 Å². The third-order valence-corrected chi connectivity index (χ3v) is 4.36. The molecule has 2 aromatic rings. The molecule has 0 aliphatic carbocycles. The van der Waals surface area contributed by atoms with Gasteiger partial charge in [0.05, 0.1) is 11.8 Å². The molecule has 25 heavy (non-hydrogen) atoms. The van der Waals surface area contributed by atoms with Gasteiger partial charge in [0.15, 0.2) is 5.89 Å². The number of rotatable bonds is 6. The number of nitrogens with zero attached hydrogens (tertiary/aromatic N) is 2. The second-order valence-corrected chi connectivity index (χ2v) is 6.32. The predicted octanol–water partition coefficient (Wildman–Crippen LogP) is 3.51. The van der Waals surface area contributed by atoms with Gasteiger partial charge in [-0.05, 0) is 37.5 Å². The van der Waals surface area contributed by atoms with Gasteiger partial charge >= 0.3 is 0 Å². The van der Waals surface area contributed by atoms with Gasteiger partial charge < -0.3 is 14.1 Å². The molecule has 0 saturated carbocycles. The Balaban J connectivity index is 1.82. The summed E-state index contributed by atoms with van der Waals surface area (Å²) in [5.74, 6) is 0.334. The summed E-state index contributed by atoms with van der Waals surface area (Å²) in [4.78, 5) is 19.0. The molecule has 0 radical (unpaired) electrons. The monoisotopic (exact) mass is 346 g/mol. The number of benzene rings is 1. The van der Waals surface area contributed by atoms with Gasteiger partial charge in [0, 0.05) is 26.1 Å². The molecule has 1 atom stereocenters. The fourth-order valence-corrected chi connectivity index (χ4v) is 3.01. The largest absolute Gasteiger partial charge is 0.435 e. The summed E-state index contributed by atoms with van der Waals surface area (Å²) in [5.41, 5.74) is 1.46. The van der Waals surface area contributed by atoms with Crippen molar-refractivity contribution in [2.75, 3.05) is 13.2 Å². The summed E-state index contributed by atoms with van der Waals surface area (Å²) in [6, 6.07) is 6.18. The molecule has 0 bridgehead atoms. The van der Waals surface area contributed by atoms with Gasteiger partial charge in [-0.15, -0.1) is 0 Å². The van der Waals surface area contributed by atoms with Gasteiger partial charge in [-0.25, -0.2) is 9.37 Å². The molecular weight excluding hydrogens is 323 g/mol. The number of amides is 1. The molecule has 2 heterocycles. The smallest absolute Gasteiger partial charge is 0.291 e. The van der Waals surface area contributed by atoms with E-state index in [9.17, 15) is 9.18 Å². The fourth-order valence-electron chi connectivity index (χ4n) is 3.01. The van der Waals surface area contributed by atoms with Crippen LogP contribution in [-0.2, 0) is 17.7 Å². The summed E-state index contributed by atoms with van der Waals surface area (Å²) in [7, 11) is 0. The van der Waals surface area contributed by atoms with Crippen molar-refractivity contribution >= 4 is 5.91 Å². The molecule has 0 unspecified atom stereocenters. The number of hydrogen-bond donors (Lipinski definition) is 0. The minimum Gasteiger partial charge on any atom is -0.435 e. The lowest BCUT2D eigenvalue weighted by atomic mass is 10.1. The zero-order chi connectivity index (χ0) is 17.8. The average molecular weight is 346 g/mol. The quantitative estimate of drug-likeness (QED) is 0.803. The van der Waals surface area contributed by atoms with Crippen molar-refractivity contribution in [1.82, 2.24) is 9.88 Å². The van der Waals surface area contributed by atoms with Crippen molar-refractivity contribution in [2.24, 2.45) is 0 Å². The first-order valence-corrected chi connectivity index (χ1v) is 8.68. The lowest BCUT2D eigenvalue weighted by molar-refractivity contribution is 0.0482. The Bertz CT molecular complexity index is 721. The number of aryl methyl sites for hydroxylation is 2. The number of aromatic nitrogens is 1. The predicted molar refractivity (Wildman–Crippen MR) is 90.7 cm³/mol. The highest BCUT2D eigenvalue weighted by atomic mass is 19.1. The third-order valence-electron chi connectivity index (χ3n) is 4.36. The number of hydrogen-bond acceptors (Lipinski definition) is 4. The zero-order valence-corrected chi connectivity index (χ0v) is 14.6. The SMILES string of the molecule is CCc1nc(C)c(C(=O)N(Cc2ccc(F)cc2)C[C@H]2CCCO2)o1. The van der Waals surface area contributed by atoms with Crippen LogP contribution in [0.15, 0.2) is 28.7 Å². The molecule has 3 rings (SSSR count). The van der Waals surface area contributed by atoms with E-state index in [-0.39, 0.29) is 23.6 Å². The lowest BCUT2D eigenvalue weighted by Gasteiger charge is -2.25. The van der Waals surface area contributed by atoms with Crippen LogP contribution in [0.1, 0.15) is 47.5 Å². The van der Waals surface area contributed by atoms with Crippen molar-refractivity contribution in [1.29, 1.82) is 0 Å². The maximum absolute atomic E-state index is 13.1. The van der Waals surface area contributed by atoms with E-state index in [2.05, 4.69) is 4.98 Å². The Kier molecular flexibility index (Phi) is 5.48. The second kappa shape index (κ2) is 7.78. The zero-order valence-electron chi connectivity index (χ0n) is 14.6. The van der Waals surface area contributed by atoms with E-state index in [4.69, 9.17) is 9.15 Å². The van der Waals surface area contributed by atoms with Crippen LogP contribution < -0.4 is 0 Å². The molecule has 1 saturated heterocycles. The summed E-state index contributed by atoms with van der Waals surface area (Å²) in [5, 5.41) is 0. The van der Waals surface area contributed by atoms with Gasteiger partial charge in [0.2, 0.25) is 5.76 Å². The molecule has 1 aromatic heterocycles. The number of carbonyl (C=O) groups is 1. The molecular formula is C19H23FN2O3. The van der Waals surface area contributed by atoms with Gasteiger partial charge in [-0.1, -0.05) is 19.1 Å². The summed E-state index contributed by atoms with van der Waals surface area (Å²) in [6.45, 7) is 5.29. The first kappa shape index (κ1) is 17.6. The Morgan fingerprint density at radius 3 is 2.72 bits per heavy atom. The average Bonchev–Trinajstić information content (AvgIpc) is 3.25. The molecule has 6 heteroatoms. The van der Waals surface area contributed by atoms with Crippen LogP contribution >= 0.6 is 0 Å². The molecule has 1 aliphatic rings. The van der Waals surface area contributed by atoms with Crippen LogP contribution in [0.3, 0.4) is 0 Å². The molecule has 0 N–H and O–H groups in total. The van der Waals surface area contributed by atoms with Crippen LogP contribution in [0.25, 0.3) is 0 Å². The highest BCUT2D eigenvalue weighted by molar-refractivity contribution is 5.92. The molecule has 5 nitrogen and oxygen atoms in total. The van der Waals surface area contributed by atoms with Crippen LogP contribution in [0.4, 0.5) is 4.39 Å². The van der Waals surface area contributed by atoms with E-state index in [1.165, 1.54) is 12.1 Å². The third kappa shape index (κ3) is 4.25. The highest BCUT2D eigenvalue weighted by Crippen LogP contribution is 2.20. The minimum absolute atomic E-state index is 0.0262. The Morgan fingerprint density at radius 1 is 1.36 bits per heavy atom. The number of oxazole rings is 1. The molecule has 1 aliphatic heterocycles. The molecule has 134 valence electrons. The summed E-state index contributed by atoms with van der Waals surface area (Å²) >= 11 is 0. The summed E-state index contributed by atoms with van der Waals surface area (Å²) < 4.78 is 24.5. The van der Waals surface area contributed by atoms with E-state index < -0.39 is 0 Å². The molecule has 1 fully saturated rings. The molecule has 1 amide bonds. The van der Waals surface area contributed by atoms with E-state index in [0.717, 1.165) is 25.0 Å². The van der Waals surface area contributed by atoms with Crippen molar-refractivity contribution in [2.45, 2.75) is 45.8 Å². The van der Waals surface area contributed by atoms with E-state index in [0.29, 0.717) is 31.1 Å². The lowest BCUT2D eigenvalue weighted by Crippen LogP contribution is -2.37. The van der Waals surface area contributed by atoms with Gasteiger partial charge in [0.25, 0.3) is 5.91 Å². The first-order chi connectivity index (χ1) is 12.1. The van der Waals surface area contributed by atoms with Crippen LogP contribution in [0, 0.1) is 12.7 Å². The molecule has 1 aromatic carbocycles. The standard InChI is InChI=1S/C19H23FN2O3/c1-3-17-21-13(2)18(25-17)19(23)22(12-16-5-4-10-24-16)11-14-6-8-15(20)9-7-14/h6-9,16H,3-5,10-12H2,1-2H3/t16-/m1/s1. The maximum Gasteiger partial charge on any atom is 0.291 e. The normalized spacial score (nSPS) is 17.0. The van der Waals surface area contributed by atoms with E-state index in [1.807, 2.05) is 6.92 Å². The van der Waals surface area contributed by atoms with E-state index in [1.54, 1.807) is 24.0 Å². The first-order valence-electron chi connectivity index (χ1n) is 8.68. The van der Waals surface area contributed by atoms with Crippen molar-refractivity contribution in [3.63, 3.8) is 0 Å². The number of carbonyl (C=O) groups excluding carboxylic acids is 1. The Hall–Kier alpha value is -2.21. The molecule has 0 spiro atoms. The summed E-state index contributed by atoms with van der Waals surface area (Å²) in [6.07, 6.45) is 2.60. The van der Waals surface area contributed by atoms with Crippen molar-refractivity contribution < 1.29 is 18.3 Å². The van der Waals surface area contributed by atoms with Gasteiger partial charge in [0.1, 0.15) is 5.82 Å². The van der Waals surface area contributed by atoms with Crippen LogP contribution in [0.2, 0.25) is 0 Å². The number of halogens is 1. The Labute approximate surface area is 146 Å². The number of ether oxygens (including phenoxy) is 1. The highest BCUT2D eigenvalue weighted by Gasteiger charge is 2.27. The fraction of sp³-hybridized carbons (Fsp3) is 0.474. The van der Waals surface area contributed by atoms with Crippen LogP contribution in [0.5, 0.6) is 0 Å². The maximum atomic E-state index is 13.1. The second-order valence-electron chi connectivity index (χ2n) is 6.32. The van der Waals surface area contributed by atoms with Crippen molar-refractivity contribution in [3.8, 4) is 0 Å².